The van der Waals surface area contributed by atoms with Gasteiger partial charge in [-0.15, -0.1) is 0 Å². The predicted molar refractivity (Wildman–Crippen MR) is 81.2 cm³/mol. The molecule has 0 fully saturated rings. The van der Waals surface area contributed by atoms with E-state index >= 15 is 0 Å². The van der Waals surface area contributed by atoms with E-state index in [1.54, 1.807) is 18.2 Å². The molecule has 24 heavy (non-hydrogen) atoms. The van der Waals surface area contributed by atoms with Gasteiger partial charge in [-0.25, -0.2) is 13.6 Å². The molecule has 120 valence electrons. The molecule has 1 unspecified atom stereocenters. The fourth-order valence-electron chi connectivity index (χ4n) is 2.08. The Balaban J connectivity index is 2.63. The van der Waals surface area contributed by atoms with Crippen molar-refractivity contribution in [2.75, 3.05) is 5.32 Å². The smallest absolute Gasteiger partial charge is 0.330 e. The van der Waals surface area contributed by atoms with Gasteiger partial charge in [0.2, 0.25) is 0 Å². The summed E-state index contributed by atoms with van der Waals surface area (Å²) in [6, 6.07) is 9.16. The standard InChI is InChI=1S/C16H8ClF2N3O2/c17-11-13(19)9(6-20)12(18)10(7-21)15(11)22-14(16(23)24)8-4-2-1-3-5-8/h1-5,14,22H,(H,23,24). The van der Waals surface area contributed by atoms with Crippen LogP contribution in [-0.4, -0.2) is 11.1 Å². The number of nitrogens with zero attached hydrogens (tertiary/aromatic N) is 2. The van der Waals surface area contributed by atoms with Crippen LogP contribution in [0.25, 0.3) is 0 Å². The normalized spacial score (nSPS) is 11.2. The lowest BCUT2D eigenvalue weighted by Gasteiger charge is -2.19. The summed E-state index contributed by atoms with van der Waals surface area (Å²) < 4.78 is 28.1. The third kappa shape index (κ3) is 2.98. The Labute approximate surface area is 140 Å². The van der Waals surface area contributed by atoms with E-state index in [2.05, 4.69) is 5.32 Å². The summed E-state index contributed by atoms with van der Waals surface area (Å²) in [5.41, 5.74) is -1.98. The number of benzene rings is 2. The Morgan fingerprint density at radius 1 is 1.12 bits per heavy atom. The van der Waals surface area contributed by atoms with Gasteiger partial charge in [-0.2, -0.15) is 10.5 Å². The van der Waals surface area contributed by atoms with E-state index < -0.39 is 45.5 Å². The molecule has 8 heteroatoms. The fraction of sp³-hybridized carbons (Fsp3) is 0.0625. The second-order valence-corrected chi connectivity index (χ2v) is 4.99. The number of rotatable bonds is 4. The van der Waals surface area contributed by atoms with Crippen LogP contribution in [-0.2, 0) is 4.79 Å². The topological polar surface area (TPSA) is 96.9 Å². The van der Waals surface area contributed by atoms with Crippen molar-refractivity contribution >= 4 is 23.3 Å². The number of hydrogen-bond acceptors (Lipinski definition) is 4. The summed E-state index contributed by atoms with van der Waals surface area (Å²) in [5, 5.41) is 28.9. The molecule has 2 aromatic carbocycles. The summed E-state index contributed by atoms with van der Waals surface area (Å²) in [6.07, 6.45) is 0. The molecule has 2 N–H and O–H groups in total. The lowest BCUT2D eigenvalue weighted by molar-refractivity contribution is -0.138. The maximum absolute atomic E-state index is 14.1. The summed E-state index contributed by atoms with van der Waals surface area (Å²) in [6.45, 7) is 0. The molecule has 0 aromatic heterocycles. The highest BCUT2D eigenvalue weighted by Gasteiger charge is 2.28. The molecule has 0 radical (unpaired) electrons. The van der Waals surface area contributed by atoms with Gasteiger partial charge in [0.1, 0.15) is 28.3 Å². The molecule has 0 saturated heterocycles. The SMILES string of the molecule is N#Cc1c(F)c(Cl)c(NC(C(=O)O)c2ccccc2)c(C#N)c1F. The minimum Gasteiger partial charge on any atom is -0.479 e. The first-order valence-corrected chi connectivity index (χ1v) is 6.85. The van der Waals surface area contributed by atoms with E-state index in [-0.39, 0.29) is 5.56 Å². The van der Waals surface area contributed by atoms with Crippen molar-refractivity contribution in [1.29, 1.82) is 10.5 Å². The minimum atomic E-state index is -1.40. The summed E-state index contributed by atoms with van der Waals surface area (Å²) >= 11 is 5.77. The van der Waals surface area contributed by atoms with Crippen molar-refractivity contribution in [3.63, 3.8) is 0 Å². The van der Waals surface area contributed by atoms with Crippen LogP contribution in [0, 0.1) is 34.3 Å². The Morgan fingerprint density at radius 3 is 2.21 bits per heavy atom. The lowest BCUT2D eigenvalue weighted by atomic mass is 10.0. The molecule has 5 nitrogen and oxygen atoms in total. The van der Waals surface area contributed by atoms with Gasteiger partial charge in [0, 0.05) is 0 Å². The minimum absolute atomic E-state index is 0.287. The van der Waals surface area contributed by atoms with Gasteiger partial charge in [-0.05, 0) is 5.56 Å². The summed E-state index contributed by atoms with van der Waals surface area (Å²) in [4.78, 5) is 11.5. The molecule has 0 aliphatic carbocycles. The van der Waals surface area contributed by atoms with Gasteiger partial charge in [0.25, 0.3) is 0 Å². The van der Waals surface area contributed by atoms with Crippen LogP contribution >= 0.6 is 11.6 Å². The molecule has 0 bridgehead atoms. The van der Waals surface area contributed by atoms with Gasteiger partial charge in [0.05, 0.1) is 5.69 Å². The molecule has 0 aliphatic heterocycles. The van der Waals surface area contributed by atoms with E-state index in [0.29, 0.717) is 0 Å². The molecular formula is C16H8ClF2N3O2. The zero-order chi connectivity index (χ0) is 17.9. The van der Waals surface area contributed by atoms with Crippen LogP contribution < -0.4 is 5.32 Å². The Bertz CT molecular complexity index is 889. The number of halogens is 3. The number of hydrogen-bond donors (Lipinski definition) is 2. The Kier molecular flexibility index (Phi) is 4.98. The number of carbonyl (C=O) groups is 1. The molecule has 0 amide bonds. The monoisotopic (exact) mass is 347 g/mol. The second-order valence-electron chi connectivity index (χ2n) is 4.62. The second kappa shape index (κ2) is 6.95. The first kappa shape index (κ1) is 17.2. The van der Waals surface area contributed by atoms with Crippen LogP contribution in [0.2, 0.25) is 5.02 Å². The van der Waals surface area contributed by atoms with Crippen molar-refractivity contribution in [3.8, 4) is 12.1 Å². The van der Waals surface area contributed by atoms with Gasteiger partial charge in [-0.1, -0.05) is 41.9 Å². The number of nitrogens with one attached hydrogen (secondary N) is 1. The highest BCUT2D eigenvalue weighted by atomic mass is 35.5. The average Bonchev–Trinajstić information content (AvgIpc) is 2.57. The number of nitriles is 2. The molecule has 0 spiro atoms. The molecule has 2 rings (SSSR count). The maximum atomic E-state index is 14.1. The summed E-state index contributed by atoms with van der Waals surface area (Å²) in [5.74, 6) is -4.11. The van der Waals surface area contributed by atoms with E-state index in [1.165, 1.54) is 24.3 Å². The van der Waals surface area contributed by atoms with Crippen molar-refractivity contribution < 1.29 is 18.7 Å². The molecule has 2 aromatic rings. The summed E-state index contributed by atoms with van der Waals surface area (Å²) in [7, 11) is 0. The van der Waals surface area contributed by atoms with E-state index in [0.717, 1.165) is 0 Å². The van der Waals surface area contributed by atoms with Crippen LogP contribution in [0.5, 0.6) is 0 Å². The van der Waals surface area contributed by atoms with Gasteiger partial charge in [0.15, 0.2) is 17.7 Å². The van der Waals surface area contributed by atoms with Crippen molar-refractivity contribution in [3.05, 3.63) is 63.7 Å². The number of carboxylic acids is 1. The van der Waals surface area contributed by atoms with E-state index in [9.17, 15) is 18.7 Å². The van der Waals surface area contributed by atoms with Crippen molar-refractivity contribution in [2.24, 2.45) is 0 Å². The van der Waals surface area contributed by atoms with Crippen LogP contribution in [0.3, 0.4) is 0 Å². The predicted octanol–water partition coefficient (Wildman–Crippen LogP) is 3.60. The third-order valence-electron chi connectivity index (χ3n) is 3.21. The lowest BCUT2D eigenvalue weighted by Crippen LogP contribution is -2.22. The fourth-order valence-corrected chi connectivity index (χ4v) is 2.32. The maximum Gasteiger partial charge on any atom is 0.330 e. The average molecular weight is 348 g/mol. The van der Waals surface area contributed by atoms with Crippen LogP contribution in [0.15, 0.2) is 30.3 Å². The highest BCUT2D eigenvalue weighted by molar-refractivity contribution is 6.33. The number of anilines is 1. The van der Waals surface area contributed by atoms with E-state index in [4.69, 9.17) is 22.1 Å². The number of carboxylic acid groups (broad SMARTS) is 1. The first-order valence-electron chi connectivity index (χ1n) is 6.47. The quantitative estimate of drug-likeness (QED) is 0.824. The Hall–Kier alpha value is -3.16. The largest absolute Gasteiger partial charge is 0.479 e. The highest BCUT2D eigenvalue weighted by Crippen LogP contribution is 2.36. The molecule has 0 heterocycles. The van der Waals surface area contributed by atoms with Gasteiger partial charge in [-0.3, -0.25) is 0 Å². The van der Waals surface area contributed by atoms with Gasteiger partial charge >= 0.3 is 5.97 Å². The van der Waals surface area contributed by atoms with Crippen molar-refractivity contribution in [1.82, 2.24) is 0 Å². The molecule has 0 saturated carbocycles. The number of aliphatic carboxylic acids is 1. The first-order chi connectivity index (χ1) is 11.4. The molecular weight excluding hydrogens is 340 g/mol. The van der Waals surface area contributed by atoms with Gasteiger partial charge < -0.3 is 10.4 Å². The zero-order valence-corrected chi connectivity index (χ0v) is 12.6. The third-order valence-corrected chi connectivity index (χ3v) is 3.57. The van der Waals surface area contributed by atoms with Crippen molar-refractivity contribution in [2.45, 2.75) is 6.04 Å². The van der Waals surface area contributed by atoms with E-state index in [1.807, 2.05) is 0 Å². The molecule has 0 aliphatic rings. The Morgan fingerprint density at radius 2 is 1.71 bits per heavy atom. The van der Waals surface area contributed by atoms with Crippen LogP contribution in [0.1, 0.15) is 22.7 Å². The molecule has 1 atom stereocenters. The van der Waals surface area contributed by atoms with Crippen LogP contribution in [0.4, 0.5) is 14.5 Å². The zero-order valence-electron chi connectivity index (χ0n) is 11.8.